The van der Waals surface area contributed by atoms with E-state index >= 15 is 0 Å². The summed E-state index contributed by atoms with van der Waals surface area (Å²) in [5.74, 6) is 4.42. The molecular weight excluding hydrogens is 308 g/mol. The maximum atomic E-state index is 10.5. The van der Waals surface area contributed by atoms with Crippen LogP contribution in [0, 0.1) is 17.8 Å². The Hall–Kier alpha value is -0.220. The predicted molar refractivity (Wildman–Crippen MR) is 97.0 cm³/mol. The Balaban J connectivity index is 1.48. The molecule has 3 nitrogen and oxygen atoms in total. The van der Waals surface area contributed by atoms with Crippen LogP contribution in [0.2, 0.25) is 0 Å². The van der Waals surface area contributed by atoms with Crippen LogP contribution in [-0.2, 0) is 9.53 Å². The van der Waals surface area contributed by atoms with E-state index in [0.29, 0.717) is 6.42 Å². The third-order valence-corrected chi connectivity index (χ3v) is 6.85. The first-order chi connectivity index (χ1) is 11.3. The third kappa shape index (κ3) is 7.93. The number of hydrogen-bond donors (Lipinski definition) is 1. The van der Waals surface area contributed by atoms with Crippen LogP contribution in [0.5, 0.6) is 0 Å². The van der Waals surface area contributed by atoms with Crippen LogP contribution in [0.25, 0.3) is 0 Å². The Morgan fingerprint density at radius 3 is 2.52 bits per heavy atom. The van der Waals surface area contributed by atoms with Gasteiger partial charge in [-0.15, -0.1) is 0 Å². The van der Waals surface area contributed by atoms with Crippen LogP contribution in [0.1, 0.15) is 70.6 Å². The second-order valence-corrected chi connectivity index (χ2v) is 8.49. The zero-order valence-electron chi connectivity index (χ0n) is 14.5. The van der Waals surface area contributed by atoms with Crippen LogP contribution >= 0.6 is 11.8 Å². The first-order valence-corrected chi connectivity index (χ1v) is 10.8. The Bertz CT molecular complexity index is 329. The highest BCUT2D eigenvalue weighted by atomic mass is 32.2. The zero-order valence-corrected chi connectivity index (χ0v) is 15.3. The molecule has 1 aliphatic carbocycles. The van der Waals surface area contributed by atoms with Crippen molar-refractivity contribution in [3.8, 4) is 0 Å². The monoisotopic (exact) mass is 342 g/mol. The Morgan fingerprint density at radius 1 is 1.00 bits per heavy atom. The molecule has 1 saturated carbocycles. The highest BCUT2D eigenvalue weighted by molar-refractivity contribution is 7.99. The second-order valence-electron chi connectivity index (χ2n) is 7.42. The summed E-state index contributed by atoms with van der Waals surface area (Å²) in [6, 6.07) is 0. The van der Waals surface area contributed by atoms with Gasteiger partial charge in [-0.25, -0.2) is 0 Å². The molecule has 0 bridgehead atoms. The molecule has 1 aliphatic heterocycles. The van der Waals surface area contributed by atoms with E-state index in [0.717, 1.165) is 43.8 Å². The van der Waals surface area contributed by atoms with Gasteiger partial charge >= 0.3 is 5.97 Å². The van der Waals surface area contributed by atoms with Gasteiger partial charge < -0.3 is 9.84 Å². The molecule has 2 unspecified atom stereocenters. The van der Waals surface area contributed by atoms with Gasteiger partial charge in [-0.1, -0.05) is 44.9 Å². The molecule has 2 atom stereocenters. The number of aliphatic carboxylic acids is 1. The van der Waals surface area contributed by atoms with Gasteiger partial charge in [0.05, 0.1) is 6.61 Å². The highest BCUT2D eigenvalue weighted by Gasteiger charge is 2.27. The van der Waals surface area contributed by atoms with Crippen LogP contribution in [0.3, 0.4) is 0 Å². The first kappa shape index (κ1) is 19.1. The number of thioether (sulfide) groups is 1. The summed E-state index contributed by atoms with van der Waals surface area (Å²) in [4.78, 5) is 10.5. The lowest BCUT2D eigenvalue weighted by Gasteiger charge is -2.19. The number of rotatable bonds is 12. The Kier molecular flexibility index (Phi) is 9.43. The molecule has 0 spiro atoms. The Morgan fingerprint density at radius 2 is 1.74 bits per heavy atom. The fourth-order valence-electron chi connectivity index (χ4n) is 3.97. The number of ether oxygens (including phenoxy) is 1. The van der Waals surface area contributed by atoms with Crippen LogP contribution in [-0.4, -0.2) is 35.8 Å². The van der Waals surface area contributed by atoms with E-state index < -0.39 is 5.97 Å². The number of carboxylic acid groups (broad SMARTS) is 1. The van der Waals surface area contributed by atoms with Gasteiger partial charge in [0.25, 0.3) is 0 Å². The molecule has 2 fully saturated rings. The molecule has 2 aliphatic rings. The van der Waals surface area contributed by atoms with Crippen molar-refractivity contribution >= 4 is 17.7 Å². The van der Waals surface area contributed by atoms with E-state index in [1.807, 2.05) is 0 Å². The largest absolute Gasteiger partial charge is 0.481 e. The first-order valence-electron chi connectivity index (χ1n) is 9.63. The van der Waals surface area contributed by atoms with E-state index in [4.69, 9.17) is 9.84 Å². The van der Waals surface area contributed by atoms with Crippen molar-refractivity contribution in [2.75, 3.05) is 24.7 Å². The summed E-state index contributed by atoms with van der Waals surface area (Å²) in [5, 5.41) is 8.63. The van der Waals surface area contributed by atoms with Crippen LogP contribution in [0.4, 0.5) is 0 Å². The van der Waals surface area contributed by atoms with Gasteiger partial charge in [0.2, 0.25) is 0 Å². The van der Waals surface area contributed by atoms with Gasteiger partial charge in [0, 0.05) is 13.0 Å². The topological polar surface area (TPSA) is 46.5 Å². The van der Waals surface area contributed by atoms with Gasteiger partial charge in [-0.3, -0.25) is 4.79 Å². The van der Waals surface area contributed by atoms with E-state index in [9.17, 15) is 4.79 Å². The summed E-state index contributed by atoms with van der Waals surface area (Å²) in [6.07, 6.45) is 12.9. The average Bonchev–Trinajstić information content (AvgIpc) is 3.18. The van der Waals surface area contributed by atoms with E-state index in [-0.39, 0.29) is 0 Å². The molecule has 0 aromatic rings. The molecular formula is C19H34O3S. The van der Waals surface area contributed by atoms with Crippen molar-refractivity contribution in [2.24, 2.45) is 17.8 Å². The fourth-order valence-corrected chi connectivity index (χ4v) is 5.52. The minimum atomic E-state index is -0.660. The quantitative estimate of drug-likeness (QED) is 0.508. The second kappa shape index (κ2) is 11.4. The number of hydrogen-bond acceptors (Lipinski definition) is 3. The molecule has 1 N–H and O–H groups in total. The summed E-state index contributed by atoms with van der Waals surface area (Å²) in [6.45, 7) is 1.93. The lowest BCUT2D eigenvalue weighted by Crippen LogP contribution is -2.19. The van der Waals surface area contributed by atoms with Crippen molar-refractivity contribution in [3.05, 3.63) is 0 Å². The predicted octanol–water partition coefficient (Wildman–Crippen LogP) is 4.99. The molecule has 23 heavy (non-hydrogen) atoms. The molecule has 4 heteroatoms. The van der Waals surface area contributed by atoms with Crippen LogP contribution in [0.15, 0.2) is 0 Å². The SMILES string of the molecule is O=C(O)CCCCCCC1CSCC1COCCC1CCCC1. The summed E-state index contributed by atoms with van der Waals surface area (Å²) < 4.78 is 6.00. The molecule has 0 radical (unpaired) electrons. The molecule has 134 valence electrons. The minimum absolute atomic E-state index is 0.330. The zero-order chi connectivity index (χ0) is 16.3. The highest BCUT2D eigenvalue weighted by Crippen LogP contribution is 2.34. The lowest BCUT2D eigenvalue weighted by molar-refractivity contribution is -0.137. The van der Waals surface area contributed by atoms with Gasteiger partial charge in [0.15, 0.2) is 0 Å². The molecule has 0 amide bonds. The van der Waals surface area contributed by atoms with Crippen LogP contribution < -0.4 is 0 Å². The standard InChI is InChI=1S/C19H34O3S/c20-19(21)10-4-2-1-3-9-17-14-23-15-18(17)13-22-12-11-16-7-5-6-8-16/h16-18H,1-15H2,(H,20,21). The van der Waals surface area contributed by atoms with Crippen molar-refractivity contribution in [3.63, 3.8) is 0 Å². The molecule has 0 aromatic carbocycles. The maximum Gasteiger partial charge on any atom is 0.303 e. The number of carbonyl (C=O) groups is 1. The fraction of sp³-hybridized carbons (Fsp3) is 0.947. The van der Waals surface area contributed by atoms with Gasteiger partial charge in [-0.05, 0) is 48.5 Å². The van der Waals surface area contributed by atoms with E-state index in [2.05, 4.69) is 11.8 Å². The maximum absolute atomic E-state index is 10.5. The van der Waals surface area contributed by atoms with E-state index in [1.54, 1.807) is 0 Å². The Labute approximate surface area is 145 Å². The molecule has 1 heterocycles. The number of carboxylic acids is 1. The minimum Gasteiger partial charge on any atom is -0.481 e. The molecule has 1 saturated heterocycles. The van der Waals surface area contributed by atoms with Crippen molar-refractivity contribution < 1.29 is 14.6 Å². The summed E-state index contributed by atoms with van der Waals surface area (Å²) in [7, 11) is 0. The summed E-state index contributed by atoms with van der Waals surface area (Å²) >= 11 is 2.09. The van der Waals surface area contributed by atoms with Crippen molar-refractivity contribution in [1.82, 2.24) is 0 Å². The van der Waals surface area contributed by atoms with Gasteiger partial charge in [-0.2, -0.15) is 11.8 Å². The van der Waals surface area contributed by atoms with Crippen molar-refractivity contribution in [1.29, 1.82) is 0 Å². The normalized spacial score (nSPS) is 25.2. The molecule has 0 aromatic heterocycles. The lowest BCUT2D eigenvalue weighted by atomic mass is 9.91. The summed E-state index contributed by atoms with van der Waals surface area (Å²) in [5.41, 5.74) is 0. The smallest absolute Gasteiger partial charge is 0.303 e. The van der Waals surface area contributed by atoms with E-state index in [1.165, 1.54) is 62.9 Å². The average molecular weight is 343 g/mol. The van der Waals surface area contributed by atoms with Gasteiger partial charge in [0.1, 0.15) is 0 Å². The number of unbranched alkanes of at least 4 members (excludes halogenated alkanes) is 3. The molecule has 2 rings (SSSR count). The van der Waals surface area contributed by atoms with Crippen molar-refractivity contribution in [2.45, 2.75) is 70.6 Å². The third-order valence-electron chi connectivity index (χ3n) is 5.52.